The number of hydrogen-bond donors (Lipinski definition) is 1. The molecule has 1 N–H and O–H groups in total. The summed E-state index contributed by atoms with van der Waals surface area (Å²) in [5.74, 6) is 0.199. The Balaban J connectivity index is 1.64. The highest BCUT2D eigenvalue weighted by atomic mass is 16.5. The molecule has 0 saturated carbocycles. The number of amides is 2. The number of nitrogens with zero attached hydrogens (tertiary/aromatic N) is 1. The lowest BCUT2D eigenvalue weighted by molar-refractivity contribution is -0.127. The number of unbranched alkanes of at least 4 members (excludes halogenated alkanes) is 5. The van der Waals surface area contributed by atoms with E-state index in [2.05, 4.69) is 12.2 Å². The number of methoxy groups -OCH3 is 2. The maximum Gasteiger partial charge on any atom is 0.263 e. The molecular weight excluding hydrogens is 484 g/mol. The molecule has 8 heteroatoms. The molecule has 8 nitrogen and oxygen atoms in total. The van der Waals surface area contributed by atoms with Crippen LogP contribution in [0, 0.1) is 6.92 Å². The minimum absolute atomic E-state index is 0.353. The second kappa shape index (κ2) is 13.8. The molecule has 1 atom stereocenters. The monoisotopic (exact) mass is 522 g/mol. The van der Waals surface area contributed by atoms with Crippen molar-refractivity contribution in [3.05, 3.63) is 53.1 Å². The van der Waals surface area contributed by atoms with Crippen molar-refractivity contribution in [2.45, 2.75) is 58.5 Å². The zero-order valence-corrected chi connectivity index (χ0v) is 23.0. The second-order valence-electron chi connectivity index (χ2n) is 9.39. The lowest BCUT2D eigenvalue weighted by atomic mass is 9.97. The summed E-state index contributed by atoms with van der Waals surface area (Å²) in [6.45, 7) is 4.44. The molecule has 1 heterocycles. The number of fused-ring (bicyclic) bond motifs is 1. The van der Waals surface area contributed by atoms with Gasteiger partial charge in [0.15, 0.2) is 6.10 Å². The van der Waals surface area contributed by atoms with E-state index in [-0.39, 0.29) is 11.7 Å². The molecule has 2 aromatic rings. The lowest BCUT2D eigenvalue weighted by Gasteiger charge is -2.30. The van der Waals surface area contributed by atoms with Gasteiger partial charge < -0.3 is 24.4 Å². The second-order valence-corrected chi connectivity index (χ2v) is 9.39. The number of anilines is 2. The molecule has 0 bridgehead atoms. The zero-order valence-electron chi connectivity index (χ0n) is 23.0. The summed E-state index contributed by atoms with van der Waals surface area (Å²) in [6, 6.07) is 8.53. The molecule has 204 valence electrons. The van der Waals surface area contributed by atoms with Crippen LogP contribution in [-0.2, 0) is 14.3 Å². The molecule has 0 aromatic heterocycles. The van der Waals surface area contributed by atoms with E-state index in [1.54, 1.807) is 45.5 Å². The highest BCUT2D eigenvalue weighted by Gasteiger charge is 2.38. The first-order chi connectivity index (χ1) is 18.3. The van der Waals surface area contributed by atoms with Crippen molar-refractivity contribution in [3.63, 3.8) is 0 Å². The molecule has 38 heavy (non-hydrogen) atoms. The zero-order chi connectivity index (χ0) is 27.7. The van der Waals surface area contributed by atoms with Crippen molar-refractivity contribution in [1.82, 2.24) is 0 Å². The van der Waals surface area contributed by atoms with Crippen molar-refractivity contribution in [2.24, 2.45) is 0 Å². The van der Waals surface area contributed by atoms with Crippen LogP contribution in [0.1, 0.15) is 66.9 Å². The minimum Gasteiger partial charge on any atom is -0.496 e. The number of carbonyl (C=O) groups excluding carboxylic acids is 3. The first-order valence-corrected chi connectivity index (χ1v) is 13.1. The van der Waals surface area contributed by atoms with Gasteiger partial charge in [0.25, 0.3) is 5.91 Å². The molecule has 1 aliphatic heterocycles. The summed E-state index contributed by atoms with van der Waals surface area (Å²) in [5, 5.41) is 2.79. The van der Waals surface area contributed by atoms with Gasteiger partial charge in [-0.05, 0) is 55.3 Å². The SMILES string of the molecule is CCCCCCCCOC1C(=O)c2ccc(NC(=O)/C=C/c3cc(OC)c(C)c(OC)c3)cc2N(C)C1=O. The molecule has 0 radical (unpaired) electrons. The van der Waals surface area contributed by atoms with E-state index < -0.39 is 12.0 Å². The Hall–Kier alpha value is -3.65. The van der Waals surface area contributed by atoms with Crippen molar-refractivity contribution < 1.29 is 28.6 Å². The van der Waals surface area contributed by atoms with E-state index >= 15 is 0 Å². The highest BCUT2D eigenvalue weighted by molar-refractivity contribution is 6.24. The number of nitrogens with one attached hydrogen (secondary N) is 1. The number of likely N-dealkylation sites (N-methyl/N-ethyl adjacent to an activating group) is 1. The van der Waals surface area contributed by atoms with Crippen LogP contribution in [0.3, 0.4) is 0 Å². The maximum absolute atomic E-state index is 13.0. The van der Waals surface area contributed by atoms with Crippen molar-refractivity contribution in [1.29, 1.82) is 0 Å². The fourth-order valence-electron chi connectivity index (χ4n) is 4.43. The summed E-state index contributed by atoms with van der Waals surface area (Å²) >= 11 is 0. The molecule has 1 unspecified atom stereocenters. The number of ether oxygens (including phenoxy) is 3. The lowest BCUT2D eigenvalue weighted by Crippen LogP contribution is -2.47. The van der Waals surface area contributed by atoms with Crippen molar-refractivity contribution in [3.8, 4) is 11.5 Å². The molecule has 0 aliphatic carbocycles. The standard InChI is InChI=1S/C30H38N2O6/c1-6-7-8-9-10-11-16-38-29-28(34)23-14-13-22(19-24(23)32(3)30(29)35)31-27(33)15-12-21-17-25(36-4)20(2)26(18-21)37-5/h12-15,17-19,29H,6-11,16H2,1-5H3,(H,31,33)/b15-12+. The van der Waals surface area contributed by atoms with E-state index in [9.17, 15) is 14.4 Å². The van der Waals surface area contributed by atoms with Gasteiger partial charge in [-0.25, -0.2) is 0 Å². The van der Waals surface area contributed by atoms with Gasteiger partial charge in [0.1, 0.15) is 11.5 Å². The van der Waals surface area contributed by atoms with Crippen LogP contribution in [0.25, 0.3) is 6.08 Å². The van der Waals surface area contributed by atoms with Crippen LogP contribution in [-0.4, -0.2) is 51.6 Å². The van der Waals surface area contributed by atoms with Crippen molar-refractivity contribution >= 4 is 35.0 Å². The van der Waals surface area contributed by atoms with E-state index in [0.717, 1.165) is 30.4 Å². The third-order valence-electron chi connectivity index (χ3n) is 6.67. The first kappa shape index (κ1) is 28.9. The Morgan fingerprint density at radius 1 is 1.00 bits per heavy atom. The fraction of sp³-hybridized carbons (Fsp3) is 0.433. The third kappa shape index (κ3) is 7.01. The van der Waals surface area contributed by atoms with E-state index in [4.69, 9.17) is 14.2 Å². The normalized spacial score (nSPS) is 15.1. The van der Waals surface area contributed by atoms with Crippen LogP contribution in [0.15, 0.2) is 36.4 Å². The molecule has 2 amide bonds. The highest BCUT2D eigenvalue weighted by Crippen LogP contribution is 2.32. The average molecular weight is 523 g/mol. The third-order valence-corrected chi connectivity index (χ3v) is 6.67. The average Bonchev–Trinajstić information content (AvgIpc) is 2.92. The Labute approximate surface area is 224 Å². The topological polar surface area (TPSA) is 94.2 Å². The van der Waals surface area contributed by atoms with Crippen LogP contribution >= 0.6 is 0 Å². The number of carbonyl (C=O) groups is 3. The summed E-state index contributed by atoms with van der Waals surface area (Å²) < 4.78 is 16.5. The molecule has 0 fully saturated rings. The Kier molecular flexibility index (Phi) is 10.5. The van der Waals surface area contributed by atoms with Crippen LogP contribution < -0.4 is 19.7 Å². The van der Waals surface area contributed by atoms with Gasteiger partial charge >= 0.3 is 0 Å². The number of Topliss-reactive ketones (excluding diaryl/α,β-unsaturated/α-hetero) is 1. The smallest absolute Gasteiger partial charge is 0.263 e. The van der Waals surface area contributed by atoms with Gasteiger partial charge in [0.2, 0.25) is 11.7 Å². The quantitative estimate of drug-likeness (QED) is 0.210. The van der Waals surface area contributed by atoms with E-state index in [1.807, 2.05) is 19.1 Å². The summed E-state index contributed by atoms with van der Waals surface area (Å²) in [7, 11) is 4.77. The number of hydrogen-bond acceptors (Lipinski definition) is 6. The number of rotatable bonds is 13. The molecule has 2 aromatic carbocycles. The van der Waals surface area contributed by atoms with Gasteiger partial charge in [0, 0.05) is 36.5 Å². The van der Waals surface area contributed by atoms with Gasteiger partial charge in [-0.15, -0.1) is 0 Å². The fourth-order valence-corrected chi connectivity index (χ4v) is 4.43. The Morgan fingerprint density at radius 3 is 2.32 bits per heavy atom. The van der Waals surface area contributed by atoms with Crippen LogP contribution in [0.4, 0.5) is 11.4 Å². The molecule has 3 rings (SSSR count). The maximum atomic E-state index is 13.0. The molecule has 0 saturated heterocycles. The van der Waals surface area contributed by atoms with Gasteiger partial charge in [0.05, 0.1) is 19.9 Å². The predicted molar refractivity (Wildman–Crippen MR) is 149 cm³/mol. The largest absolute Gasteiger partial charge is 0.496 e. The first-order valence-electron chi connectivity index (χ1n) is 13.1. The Bertz CT molecular complexity index is 1160. The van der Waals surface area contributed by atoms with E-state index in [0.29, 0.717) is 35.0 Å². The molecular formula is C30H38N2O6. The summed E-state index contributed by atoms with van der Waals surface area (Å²) in [4.78, 5) is 39.9. The van der Waals surface area contributed by atoms with E-state index in [1.165, 1.54) is 30.2 Å². The number of benzene rings is 2. The van der Waals surface area contributed by atoms with Gasteiger partial charge in [-0.2, -0.15) is 0 Å². The summed E-state index contributed by atoms with van der Waals surface area (Å²) in [6.07, 6.45) is 8.49. The van der Waals surface area contributed by atoms with Crippen molar-refractivity contribution in [2.75, 3.05) is 38.1 Å². The van der Waals surface area contributed by atoms with Gasteiger partial charge in [-0.3, -0.25) is 14.4 Å². The van der Waals surface area contributed by atoms with Gasteiger partial charge in [-0.1, -0.05) is 39.0 Å². The number of ketones is 1. The van der Waals surface area contributed by atoms with Crippen LogP contribution in [0.5, 0.6) is 11.5 Å². The summed E-state index contributed by atoms with van der Waals surface area (Å²) in [5.41, 5.74) is 2.92. The minimum atomic E-state index is -1.13. The predicted octanol–water partition coefficient (Wildman–Crippen LogP) is 5.57. The van der Waals surface area contributed by atoms with Crippen LogP contribution in [0.2, 0.25) is 0 Å². The Morgan fingerprint density at radius 2 is 1.66 bits per heavy atom. The molecule has 1 aliphatic rings. The molecule has 0 spiro atoms.